The lowest BCUT2D eigenvalue weighted by molar-refractivity contribution is -0.121. The van der Waals surface area contributed by atoms with Crippen molar-refractivity contribution >= 4 is 28.8 Å². The molecule has 3 heterocycles. The van der Waals surface area contributed by atoms with E-state index in [0.29, 0.717) is 25.9 Å². The van der Waals surface area contributed by atoms with E-state index in [1.54, 1.807) is 0 Å². The smallest absolute Gasteiger partial charge is 0.263 e. The number of carbonyl (C=O) groups excluding carboxylic acids is 2. The molecule has 0 unspecified atom stereocenters. The zero-order valence-corrected chi connectivity index (χ0v) is 18.4. The van der Waals surface area contributed by atoms with Gasteiger partial charge in [0, 0.05) is 57.4 Å². The summed E-state index contributed by atoms with van der Waals surface area (Å²) < 4.78 is 0. The highest BCUT2D eigenvalue weighted by Gasteiger charge is 2.28. The van der Waals surface area contributed by atoms with Crippen LogP contribution in [0.2, 0.25) is 0 Å². The van der Waals surface area contributed by atoms with Crippen molar-refractivity contribution < 1.29 is 9.59 Å². The molecule has 0 atom stereocenters. The van der Waals surface area contributed by atoms with Crippen LogP contribution < -0.4 is 5.32 Å². The minimum Gasteiger partial charge on any atom is -0.338 e. The van der Waals surface area contributed by atoms with Gasteiger partial charge >= 0.3 is 0 Å². The first-order valence-electron chi connectivity index (χ1n) is 10.7. The summed E-state index contributed by atoms with van der Waals surface area (Å²) in [5.74, 6) is 0.104. The van der Waals surface area contributed by atoms with Crippen LogP contribution in [0.1, 0.15) is 28.1 Å². The molecule has 1 aromatic carbocycles. The molecule has 2 aliphatic heterocycles. The standard InChI is InChI=1S/C23H30N4O2S/c1-25-12-14-26(15-13-25)17-18-4-6-20(7-5-18)24-22(28)19-8-10-27(11-9-19)23(29)21-3-2-16-30-21/h2-7,16,19H,8-15,17H2,1H3,(H,24,28). The summed E-state index contributed by atoms with van der Waals surface area (Å²) in [6.45, 7) is 6.67. The van der Waals surface area contributed by atoms with E-state index >= 15 is 0 Å². The van der Waals surface area contributed by atoms with Gasteiger partial charge in [-0.05, 0) is 49.0 Å². The summed E-state index contributed by atoms with van der Waals surface area (Å²) in [5.41, 5.74) is 2.12. The minimum absolute atomic E-state index is 0.0394. The van der Waals surface area contributed by atoms with Gasteiger partial charge in [-0.2, -0.15) is 0 Å². The van der Waals surface area contributed by atoms with E-state index < -0.39 is 0 Å². The van der Waals surface area contributed by atoms with E-state index in [-0.39, 0.29) is 17.7 Å². The van der Waals surface area contributed by atoms with Crippen molar-refractivity contribution in [3.8, 4) is 0 Å². The molecule has 1 aromatic heterocycles. The second-order valence-electron chi connectivity index (χ2n) is 8.31. The van der Waals surface area contributed by atoms with Crippen molar-refractivity contribution in [1.29, 1.82) is 0 Å². The van der Waals surface area contributed by atoms with Gasteiger partial charge in [0.1, 0.15) is 0 Å². The van der Waals surface area contributed by atoms with E-state index in [9.17, 15) is 9.59 Å². The quantitative estimate of drug-likeness (QED) is 0.799. The molecule has 30 heavy (non-hydrogen) atoms. The van der Waals surface area contributed by atoms with Crippen molar-refractivity contribution in [3.63, 3.8) is 0 Å². The second-order valence-corrected chi connectivity index (χ2v) is 9.26. The van der Waals surface area contributed by atoms with Crippen LogP contribution in [0.25, 0.3) is 0 Å². The zero-order valence-electron chi connectivity index (χ0n) is 17.5. The SMILES string of the molecule is CN1CCN(Cc2ccc(NC(=O)C3CCN(C(=O)c4cccs4)CC3)cc2)CC1. The molecule has 6 nitrogen and oxygen atoms in total. The van der Waals surface area contributed by atoms with Gasteiger partial charge in [-0.25, -0.2) is 0 Å². The molecule has 0 saturated carbocycles. The number of carbonyl (C=O) groups is 2. The van der Waals surface area contributed by atoms with Gasteiger partial charge in [0.25, 0.3) is 5.91 Å². The highest BCUT2D eigenvalue weighted by atomic mass is 32.1. The van der Waals surface area contributed by atoms with Gasteiger partial charge in [-0.15, -0.1) is 11.3 Å². The van der Waals surface area contributed by atoms with Crippen molar-refractivity contribution in [2.24, 2.45) is 5.92 Å². The number of benzene rings is 1. The molecular weight excluding hydrogens is 396 g/mol. The van der Waals surface area contributed by atoms with Crippen LogP contribution in [0.4, 0.5) is 5.69 Å². The maximum atomic E-state index is 12.7. The molecule has 0 radical (unpaired) electrons. The van der Waals surface area contributed by atoms with E-state index in [1.807, 2.05) is 34.5 Å². The fourth-order valence-corrected chi connectivity index (χ4v) is 4.79. The fourth-order valence-electron chi connectivity index (χ4n) is 4.10. The number of amides is 2. The molecule has 0 bridgehead atoms. The molecular formula is C23H30N4O2S. The summed E-state index contributed by atoms with van der Waals surface area (Å²) >= 11 is 1.47. The Morgan fingerprint density at radius 2 is 1.70 bits per heavy atom. The Bertz CT molecular complexity index is 837. The summed E-state index contributed by atoms with van der Waals surface area (Å²) in [4.78, 5) is 32.6. The topological polar surface area (TPSA) is 55.9 Å². The van der Waals surface area contributed by atoms with Crippen molar-refractivity contribution in [2.75, 3.05) is 51.6 Å². The molecule has 2 amide bonds. The Kier molecular flexibility index (Phi) is 6.82. The molecule has 2 saturated heterocycles. The van der Waals surface area contributed by atoms with E-state index in [4.69, 9.17) is 0 Å². The molecule has 0 spiro atoms. The molecule has 0 aliphatic carbocycles. The van der Waals surface area contributed by atoms with Crippen molar-refractivity contribution in [1.82, 2.24) is 14.7 Å². The van der Waals surface area contributed by atoms with Crippen molar-refractivity contribution in [2.45, 2.75) is 19.4 Å². The van der Waals surface area contributed by atoms with Gasteiger partial charge < -0.3 is 15.1 Å². The van der Waals surface area contributed by atoms with E-state index in [0.717, 1.165) is 43.3 Å². The van der Waals surface area contributed by atoms with Crippen molar-refractivity contribution in [3.05, 3.63) is 52.2 Å². The Labute approximate surface area is 182 Å². The lowest BCUT2D eigenvalue weighted by atomic mass is 9.95. The predicted octanol–water partition coefficient (Wildman–Crippen LogP) is 2.99. The number of nitrogens with zero attached hydrogens (tertiary/aromatic N) is 3. The number of nitrogens with one attached hydrogen (secondary N) is 1. The summed E-state index contributed by atoms with van der Waals surface area (Å²) in [6, 6.07) is 12.0. The number of thiophene rings is 1. The molecule has 2 fully saturated rings. The Morgan fingerprint density at radius 3 is 2.33 bits per heavy atom. The number of piperidine rings is 1. The normalized spacial score (nSPS) is 19.0. The number of likely N-dealkylation sites (tertiary alicyclic amines) is 1. The van der Waals surface area contributed by atoms with Crippen LogP contribution in [-0.2, 0) is 11.3 Å². The first kappa shape index (κ1) is 21.0. The number of likely N-dealkylation sites (N-methyl/N-ethyl adjacent to an activating group) is 1. The summed E-state index contributed by atoms with van der Waals surface area (Å²) in [7, 11) is 2.17. The van der Waals surface area contributed by atoms with Crippen LogP contribution in [0.5, 0.6) is 0 Å². The lowest BCUT2D eigenvalue weighted by Crippen LogP contribution is -2.43. The first-order chi connectivity index (χ1) is 14.6. The van der Waals surface area contributed by atoms with Crippen LogP contribution in [0.3, 0.4) is 0 Å². The molecule has 2 aromatic rings. The summed E-state index contributed by atoms with van der Waals surface area (Å²) in [5, 5.41) is 4.98. The second kappa shape index (κ2) is 9.73. The highest BCUT2D eigenvalue weighted by molar-refractivity contribution is 7.12. The van der Waals surface area contributed by atoms with Gasteiger partial charge in [0.2, 0.25) is 5.91 Å². The summed E-state index contributed by atoms with van der Waals surface area (Å²) in [6.07, 6.45) is 1.43. The number of hydrogen-bond acceptors (Lipinski definition) is 5. The van der Waals surface area contributed by atoms with Crippen LogP contribution in [0.15, 0.2) is 41.8 Å². The van der Waals surface area contributed by atoms with Gasteiger partial charge in [0.05, 0.1) is 4.88 Å². The number of rotatable bonds is 5. The van der Waals surface area contributed by atoms with Gasteiger partial charge in [0.15, 0.2) is 0 Å². The van der Waals surface area contributed by atoms with Crippen LogP contribution in [0, 0.1) is 5.92 Å². The number of hydrogen-bond donors (Lipinski definition) is 1. The third kappa shape index (κ3) is 5.28. The molecule has 2 aliphatic rings. The first-order valence-corrected chi connectivity index (χ1v) is 11.6. The maximum Gasteiger partial charge on any atom is 0.263 e. The predicted molar refractivity (Wildman–Crippen MR) is 121 cm³/mol. The lowest BCUT2D eigenvalue weighted by Gasteiger charge is -2.32. The molecule has 160 valence electrons. The third-order valence-electron chi connectivity index (χ3n) is 6.11. The maximum absolute atomic E-state index is 12.7. The monoisotopic (exact) mass is 426 g/mol. The van der Waals surface area contributed by atoms with Crippen LogP contribution >= 0.6 is 11.3 Å². The van der Waals surface area contributed by atoms with Gasteiger partial charge in [-0.1, -0.05) is 18.2 Å². The van der Waals surface area contributed by atoms with E-state index in [1.165, 1.54) is 16.9 Å². The minimum atomic E-state index is -0.0394. The molecule has 7 heteroatoms. The van der Waals surface area contributed by atoms with Crippen LogP contribution in [-0.4, -0.2) is 72.8 Å². The largest absolute Gasteiger partial charge is 0.338 e. The molecule has 4 rings (SSSR count). The number of piperazine rings is 1. The Balaban J connectivity index is 1.24. The zero-order chi connectivity index (χ0) is 20.9. The average molecular weight is 427 g/mol. The van der Waals surface area contributed by atoms with Gasteiger partial charge in [-0.3, -0.25) is 14.5 Å². The Hall–Kier alpha value is -2.22. The number of anilines is 1. The highest BCUT2D eigenvalue weighted by Crippen LogP contribution is 2.22. The van der Waals surface area contributed by atoms with E-state index in [2.05, 4.69) is 34.3 Å². The third-order valence-corrected chi connectivity index (χ3v) is 6.97. The fraction of sp³-hybridized carbons (Fsp3) is 0.478. The molecule has 1 N–H and O–H groups in total. The average Bonchev–Trinajstić information content (AvgIpc) is 3.31. The Morgan fingerprint density at radius 1 is 1.00 bits per heavy atom.